The van der Waals surface area contributed by atoms with E-state index in [-0.39, 0.29) is 12.5 Å². The van der Waals surface area contributed by atoms with Crippen molar-refractivity contribution in [3.63, 3.8) is 0 Å². The normalized spacial score (nSPS) is 14.1. The monoisotopic (exact) mass is 395 g/mol. The third kappa shape index (κ3) is 4.35. The second-order valence-corrected chi connectivity index (χ2v) is 6.63. The zero-order valence-corrected chi connectivity index (χ0v) is 15.8. The van der Waals surface area contributed by atoms with Gasteiger partial charge in [-0.25, -0.2) is 14.4 Å². The molecule has 7 nitrogen and oxygen atoms in total. The largest absolute Gasteiger partial charge is 0.449 e. The molecule has 2 aromatic rings. The van der Waals surface area contributed by atoms with E-state index in [0.717, 1.165) is 28.3 Å². The first-order valence-electron chi connectivity index (χ1n) is 9.10. The zero-order valence-electron chi connectivity index (χ0n) is 15.8. The van der Waals surface area contributed by atoms with Crippen LogP contribution >= 0.6 is 0 Å². The molecule has 0 saturated heterocycles. The standard InChI is InChI=1S/C22H21NO6/c1-3-19(25)29-21(26)20(13(2)24)23-22(27)28-12-18-16-10-6-4-8-14(16)15-9-5-7-11-17(15)18/h3-11,13,18,20,24H,1,12H2,2H3,(H,23,27)/t13-,20+/m1/s1. The Kier molecular flexibility index (Phi) is 6.09. The molecule has 0 aromatic heterocycles. The van der Waals surface area contributed by atoms with Crippen LogP contribution in [0.4, 0.5) is 4.79 Å². The number of aliphatic hydroxyl groups is 1. The van der Waals surface area contributed by atoms with Gasteiger partial charge < -0.3 is 19.9 Å². The lowest BCUT2D eigenvalue weighted by molar-refractivity contribution is -0.159. The first kappa shape index (κ1) is 20.3. The first-order chi connectivity index (χ1) is 13.9. The van der Waals surface area contributed by atoms with E-state index in [1.807, 2.05) is 48.5 Å². The van der Waals surface area contributed by atoms with Crippen molar-refractivity contribution in [3.05, 3.63) is 72.3 Å². The predicted molar refractivity (Wildman–Crippen MR) is 105 cm³/mol. The summed E-state index contributed by atoms with van der Waals surface area (Å²) in [5.41, 5.74) is 4.27. The van der Waals surface area contributed by atoms with Gasteiger partial charge in [0.05, 0.1) is 6.10 Å². The van der Waals surface area contributed by atoms with Crippen LogP contribution in [0, 0.1) is 0 Å². The van der Waals surface area contributed by atoms with Crippen LogP contribution in [-0.2, 0) is 19.1 Å². The van der Waals surface area contributed by atoms with Crippen molar-refractivity contribution in [2.45, 2.75) is 25.0 Å². The maximum atomic E-state index is 12.2. The molecule has 0 radical (unpaired) electrons. The molecule has 150 valence electrons. The summed E-state index contributed by atoms with van der Waals surface area (Å²) in [4.78, 5) is 35.4. The Balaban J connectivity index is 1.68. The number of carbonyl (C=O) groups is 3. The molecule has 2 aromatic carbocycles. The first-order valence-corrected chi connectivity index (χ1v) is 9.10. The number of esters is 2. The van der Waals surface area contributed by atoms with Gasteiger partial charge in [-0.05, 0) is 29.2 Å². The van der Waals surface area contributed by atoms with Crippen LogP contribution in [-0.4, -0.2) is 41.9 Å². The third-order valence-corrected chi connectivity index (χ3v) is 4.72. The van der Waals surface area contributed by atoms with E-state index in [1.165, 1.54) is 6.92 Å². The Morgan fingerprint density at radius 2 is 1.66 bits per heavy atom. The topological polar surface area (TPSA) is 102 Å². The van der Waals surface area contributed by atoms with Crippen molar-refractivity contribution in [1.82, 2.24) is 5.32 Å². The highest BCUT2D eigenvalue weighted by molar-refractivity contribution is 5.94. The van der Waals surface area contributed by atoms with Crippen molar-refractivity contribution in [2.75, 3.05) is 6.61 Å². The van der Waals surface area contributed by atoms with Gasteiger partial charge in [0.1, 0.15) is 6.61 Å². The number of carbonyl (C=O) groups excluding carboxylic acids is 3. The number of aliphatic hydroxyl groups excluding tert-OH is 1. The Morgan fingerprint density at radius 1 is 1.10 bits per heavy atom. The molecule has 0 unspecified atom stereocenters. The number of fused-ring (bicyclic) bond motifs is 3. The van der Waals surface area contributed by atoms with E-state index in [9.17, 15) is 19.5 Å². The summed E-state index contributed by atoms with van der Waals surface area (Å²) in [6.07, 6.45) is -1.38. The van der Waals surface area contributed by atoms with Crippen LogP contribution in [0.5, 0.6) is 0 Å². The molecule has 7 heteroatoms. The summed E-state index contributed by atoms with van der Waals surface area (Å²) in [5.74, 6) is -2.22. The summed E-state index contributed by atoms with van der Waals surface area (Å²) < 4.78 is 9.80. The van der Waals surface area contributed by atoms with Crippen molar-refractivity contribution < 1.29 is 29.0 Å². The number of nitrogens with one attached hydrogen (secondary N) is 1. The number of rotatable bonds is 6. The van der Waals surface area contributed by atoms with Crippen LogP contribution in [0.2, 0.25) is 0 Å². The summed E-state index contributed by atoms with van der Waals surface area (Å²) in [6, 6.07) is 14.3. The maximum absolute atomic E-state index is 12.2. The van der Waals surface area contributed by atoms with Gasteiger partial charge >= 0.3 is 18.0 Å². The highest BCUT2D eigenvalue weighted by Gasteiger charge is 2.31. The Morgan fingerprint density at radius 3 is 2.17 bits per heavy atom. The number of ether oxygens (including phenoxy) is 2. The molecule has 0 heterocycles. The van der Waals surface area contributed by atoms with Gasteiger partial charge in [0, 0.05) is 12.0 Å². The van der Waals surface area contributed by atoms with Gasteiger partial charge in [-0.3, -0.25) is 0 Å². The van der Waals surface area contributed by atoms with Crippen molar-refractivity contribution in [3.8, 4) is 11.1 Å². The van der Waals surface area contributed by atoms with Crippen LogP contribution < -0.4 is 5.32 Å². The number of benzene rings is 2. The molecule has 0 saturated carbocycles. The molecule has 0 bridgehead atoms. The van der Waals surface area contributed by atoms with Crippen LogP contribution in [0.1, 0.15) is 24.0 Å². The van der Waals surface area contributed by atoms with Crippen molar-refractivity contribution >= 4 is 18.0 Å². The van der Waals surface area contributed by atoms with Gasteiger partial charge in [-0.1, -0.05) is 55.1 Å². The van der Waals surface area contributed by atoms with E-state index in [2.05, 4.69) is 16.6 Å². The fraction of sp³-hybridized carbons (Fsp3) is 0.227. The van der Waals surface area contributed by atoms with Gasteiger partial charge in [0.25, 0.3) is 0 Å². The Bertz CT molecular complexity index is 906. The summed E-state index contributed by atoms with van der Waals surface area (Å²) in [5, 5.41) is 12.0. The molecule has 3 rings (SSSR count). The number of alkyl carbamates (subject to hydrolysis) is 1. The fourth-order valence-corrected chi connectivity index (χ4v) is 3.35. The molecular weight excluding hydrogens is 374 g/mol. The third-order valence-electron chi connectivity index (χ3n) is 4.72. The van der Waals surface area contributed by atoms with E-state index >= 15 is 0 Å². The van der Waals surface area contributed by atoms with Crippen LogP contribution in [0.15, 0.2) is 61.2 Å². The minimum absolute atomic E-state index is 0.0486. The minimum atomic E-state index is -1.45. The van der Waals surface area contributed by atoms with Gasteiger partial charge in [0.15, 0.2) is 6.04 Å². The maximum Gasteiger partial charge on any atom is 0.407 e. The lowest BCUT2D eigenvalue weighted by atomic mass is 9.98. The van der Waals surface area contributed by atoms with Crippen LogP contribution in [0.25, 0.3) is 11.1 Å². The van der Waals surface area contributed by atoms with E-state index in [1.54, 1.807) is 0 Å². The lowest BCUT2D eigenvalue weighted by Crippen LogP contribution is -2.49. The average molecular weight is 395 g/mol. The molecule has 0 aliphatic heterocycles. The molecule has 29 heavy (non-hydrogen) atoms. The molecule has 1 amide bonds. The molecule has 2 N–H and O–H groups in total. The van der Waals surface area contributed by atoms with Gasteiger partial charge in [0.2, 0.25) is 0 Å². The lowest BCUT2D eigenvalue weighted by Gasteiger charge is -2.20. The quantitative estimate of drug-likeness (QED) is 0.443. The second kappa shape index (κ2) is 8.70. The SMILES string of the molecule is C=CC(=O)OC(=O)[C@@H](NC(=O)OCC1c2ccccc2-c2ccccc21)[C@@H](C)O. The Hall–Kier alpha value is -3.45. The molecule has 1 aliphatic rings. The van der Waals surface area contributed by atoms with E-state index in [0.29, 0.717) is 0 Å². The van der Waals surface area contributed by atoms with Crippen molar-refractivity contribution in [2.24, 2.45) is 0 Å². The number of amides is 1. The second-order valence-electron chi connectivity index (χ2n) is 6.63. The molecule has 2 atom stereocenters. The highest BCUT2D eigenvalue weighted by atomic mass is 16.6. The zero-order chi connectivity index (χ0) is 21.0. The predicted octanol–water partition coefficient (Wildman–Crippen LogP) is 2.53. The molecule has 0 spiro atoms. The van der Waals surface area contributed by atoms with Crippen molar-refractivity contribution in [1.29, 1.82) is 0 Å². The van der Waals surface area contributed by atoms with Gasteiger partial charge in [-0.2, -0.15) is 0 Å². The highest BCUT2D eigenvalue weighted by Crippen LogP contribution is 2.44. The van der Waals surface area contributed by atoms with Crippen LogP contribution in [0.3, 0.4) is 0 Å². The van der Waals surface area contributed by atoms with Gasteiger partial charge in [-0.15, -0.1) is 0 Å². The number of hydrogen-bond donors (Lipinski definition) is 2. The fourth-order valence-electron chi connectivity index (χ4n) is 3.35. The Labute approximate surface area is 167 Å². The molecule has 0 fully saturated rings. The summed E-state index contributed by atoms with van der Waals surface area (Å²) >= 11 is 0. The average Bonchev–Trinajstić information content (AvgIpc) is 3.04. The summed E-state index contributed by atoms with van der Waals surface area (Å²) in [7, 11) is 0. The van der Waals surface area contributed by atoms with E-state index < -0.39 is 30.2 Å². The molecule has 1 aliphatic carbocycles. The molecular formula is C22H21NO6. The smallest absolute Gasteiger partial charge is 0.407 e. The van der Waals surface area contributed by atoms with E-state index in [4.69, 9.17) is 4.74 Å². The minimum Gasteiger partial charge on any atom is -0.449 e. The summed E-state index contributed by atoms with van der Waals surface area (Å²) in [6.45, 7) is 4.52. The number of hydrogen-bond acceptors (Lipinski definition) is 6.